The van der Waals surface area contributed by atoms with Gasteiger partial charge in [-0.25, -0.2) is 0 Å². The van der Waals surface area contributed by atoms with Crippen molar-refractivity contribution in [1.82, 2.24) is 9.88 Å². The summed E-state index contributed by atoms with van der Waals surface area (Å²) >= 11 is 0. The second kappa shape index (κ2) is 9.87. The van der Waals surface area contributed by atoms with Gasteiger partial charge in [-0.3, -0.25) is 9.98 Å². The molecule has 128 valence electrons. The Kier molecular flexibility index (Phi) is 8.59. The lowest BCUT2D eigenvalue weighted by Crippen LogP contribution is -2.36. The summed E-state index contributed by atoms with van der Waals surface area (Å²) < 4.78 is 0. The second-order valence-electron chi connectivity index (χ2n) is 4.80. The largest absolute Gasteiger partial charge is 0.354 e. The van der Waals surface area contributed by atoms with Crippen LogP contribution in [0.5, 0.6) is 0 Å². The van der Waals surface area contributed by atoms with Crippen LogP contribution in [0.15, 0.2) is 29.5 Å². The molecule has 11 heteroatoms. The normalized spacial score (nSPS) is 15.7. The molecular formula is C12H19N5O6. The molecule has 11 nitrogen and oxygen atoms in total. The van der Waals surface area contributed by atoms with Crippen LogP contribution < -0.4 is 0 Å². The first kappa shape index (κ1) is 20.0. The fourth-order valence-corrected chi connectivity index (χ4v) is 2.03. The topological polar surface area (TPSA) is 155 Å². The highest BCUT2D eigenvalue weighted by molar-refractivity contribution is 5.99. The van der Waals surface area contributed by atoms with Crippen LogP contribution in [-0.2, 0) is 0 Å². The van der Waals surface area contributed by atoms with E-state index in [-0.39, 0.29) is 0 Å². The number of aromatic nitrogens is 1. The Labute approximate surface area is 132 Å². The Bertz CT molecular complexity index is 516. The Morgan fingerprint density at radius 1 is 1.22 bits per heavy atom. The molecule has 1 aromatic rings. The summed E-state index contributed by atoms with van der Waals surface area (Å²) in [5.41, 5.74) is 1.16. The van der Waals surface area contributed by atoms with Crippen molar-refractivity contribution < 1.29 is 20.6 Å². The number of nitrogens with zero attached hydrogens (tertiary/aromatic N) is 5. The Morgan fingerprint density at radius 2 is 1.65 bits per heavy atom. The third-order valence-electron chi connectivity index (χ3n) is 2.97. The quantitative estimate of drug-likeness (QED) is 0.603. The van der Waals surface area contributed by atoms with Gasteiger partial charge in [0, 0.05) is 25.0 Å². The van der Waals surface area contributed by atoms with Gasteiger partial charge in [0.25, 0.3) is 10.2 Å². The highest BCUT2D eigenvalue weighted by Gasteiger charge is 2.27. The molecule has 0 aromatic carbocycles. The zero-order valence-corrected chi connectivity index (χ0v) is 12.9. The van der Waals surface area contributed by atoms with Crippen molar-refractivity contribution in [1.29, 1.82) is 0 Å². The molecule has 0 amide bonds. The van der Waals surface area contributed by atoms with E-state index in [0.29, 0.717) is 12.0 Å². The van der Waals surface area contributed by atoms with Crippen molar-refractivity contribution >= 4 is 5.84 Å². The Balaban J connectivity index is 0.000000509. The van der Waals surface area contributed by atoms with Gasteiger partial charge in [0.2, 0.25) is 0 Å². The van der Waals surface area contributed by atoms with Gasteiger partial charge in [-0.15, -0.1) is 20.2 Å². The number of rotatable bonds is 2. The first-order valence-corrected chi connectivity index (χ1v) is 6.51. The summed E-state index contributed by atoms with van der Waals surface area (Å²) in [6.45, 7) is 5.39. The molecule has 23 heavy (non-hydrogen) atoms. The van der Waals surface area contributed by atoms with E-state index in [1.165, 1.54) is 0 Å². The lowest BCUT2D eigenvalue weighted by atomic mass is 10.0. The predicted molar refractivity (Wildman–Crippen MR) is 79.6 cm³/mol. The number of pyridine rings is 1. The third kappa shape index (κ3) is 8.14. The van der Waals surface area contributed by atoms with Gasteiger partial charge in [-0.05, 0) is 18.1 Å². The minimum atomic E-state index is -1.50. The number of amidine groups is 1. The zero-order chi connectivity index (χ0) is 18.0. The first-order chi connectivity index (χ1) is 10.7. The lowest BCUT2D eigenvalue weighted by Gasteiger charge is -2.26. The highest BCUT2D eigenvalue weighted by atomic mass is 16.9. The molecule has 0 radical (unpaired) electrons. The van der Waals surface area contributed by atoms with Crippen LogP contribution in [-0.4, -0.2) is 55.9 Å². The zero-order valence-electron chi connectivity index (χ0n) is 12.9. The molecule has 1 aliphatic heterocycles. The average Bonchev–Trinajstić information content (AvgIpc) is 2.80. The fourth-order valence-electron chi connectivity index (χ4n) is 2.03. The van der Waals surface area contributed by atoms with Gasteiger partial charge < -0.3 is 15.3 Å². The highest BCUT2D eigenvalue weighted by Crippen LogP contribution is 2.19. The van der Waals surface area contributed by atoms with Gasteiger partial charge in [-0.1, -0.05) is 13.8 Å². The van der Waals surface area contributed by atoms with E-state index in [1.807, 2.05) is 24.5 Å². The third-order valence-corrected chi connectivity index (χ3v) is 2.97. The molecule has 2 N–H and O–H groups in total. The van der Waals surface area contributed by atoms with Crippen molar-refractivity contribution in [2.45, 2.75) is 19.9 Å². The molecule has 1 aliphatic rings. The number of hydrogen-bond donors (Lipinski definition) is 2. The average molecular weight is 329 g/mol. The molecule has 0 fully saturated rings. The monoisotopic (exact) mass is 329 g/mol. The van der Waals surface area contributed by atoms with Crippen molar-refractivity contribution in [2.75, 3.05) is 13.6 Å². The minimum absolute atomic E-state index is 0.535. The van der Waals surface area contributed by atoms with Gasteiger partial charge >= 0.3 is 0 Å². The minimum Gasteiger partial charge on any atom is -0.354 e. The summed E-state index contributed by atoms with van der Waals surface area (Å²) in [6, 6.07) is 4.56. The van der Waals surface area contributed by atoms with Crippen molar-refractivity contribution in [2.24, 2.45) is 10.9 Å². The molecule has 2 heterocycles. The first-order valence-electron chi connectivity index (χ1n) is 6.51. The summed E-state index contributed by atoms with van der Waals surface area (Å²) in [7, 11) is 2.12. The molecular weight excluding hydrogens is 310 g/mol. The molecule has 0 bridgehead atoms. The summed E-state index contributed by atoms with van der Waals surface area (Å²) in [5.74, 6) is 1.73. The van der Waals surface area contributed by atoms with Crippen LogP contribution >= 0.6 is 0 Å². The van der Waals surface area contributed by atoms with E-state index in [9.17, 15) is 0 Å². The number of hydrogen-bond acceptors (Lipinski definition) is 7. The predicted octanol–water partition coefficient (Wildman–Crippen LogP) is 1.10. The molecule has 0 aliphatic carbocycles. The fraction of sp³-hybridized carbons (Fsp3) is 0.500. The smallest absolute Gasteiger partial charge is 0.291 e. The van der Waals surface area contributed by atoms with Crippen LogP contribution in [0.1, 0.15) is 19.4 Å². The van der Waals surface area contributed by atoms with Crippen LogP contribution in [0.3, 0.4) is 0 Å². The van der Waals surface area contributed by atoms with Crippen molar-refractivity contribution in [3.63, 3.8) is 0 Å². The van der Waals surface area contributed by atoms with Crippen LogP contribution in [0, 0.1) is 26.1 Å². The molecule has 0 saturated heterocycles. The summed E-state index contributed by atoms with van der Waals surface area (Å²) in [6.07, 6.45) is 3.63. The molecule has 1 unspecified atom stereocenters. The number of likely N-dealkylation sites (N-methyl/N-ethyl adjacent to an activating group) is 1. The van der Waals surface area contributed by atoms with E-state index in [4.69, 9.17) is 30.6 Å². The Morgan fingerprint density at radius 3 is 2.00 bits per heavy atom. The van der Waals surface area contributed by atoms with Crippen molar-refractivity contribution in [3.8, 4) is 0 Å². The summed E-state index contributed by atoms with van der Waals surface area (Å²) in [5, 5.41) is 27.3. The van der Waals surface area contributed by atoms with Gasteiger partial charge in [0.1, 0.15) is 5.84 Å². The van der Waals surface area contributed by atoms with Crippen molar-refractivity contribution in [3.05, 3.63) is 50.3 Å². The lowest BCUT2D eigenvalue weighted by molar-refractivity contribution is -0.742. The van der Waals surface area contributed by atoms with Crippen LogP contribution in [0.4, 0.5) is 0 Å². The van der Waals surface area contributed by atoms with E-state index in [1.54, 1.807) is 0 Å². The molecule has 0 saturated carbocycles. The standard InChI is InChI=1S/C12H17N3.2HNO3/c1-9(2)11-8-14-12(15(11)3)10-4-6-13-7-5-10;2*2-1(3)4/h4-7,9,11H,8H2,1-3H3;2*(H,2,3,4). The van der Waals surface area contributed by atoms with Gasteiger partial charge in [-0.2, -0.15) is 0 Å². The molecule has 1 atom stereocenters. The Hall–Kier alpha value is -2.98. The van der Waals surface area contributed by atoms with Gasteiger partial charge in [0.15, 0.2) is 0 Å². The molecule has 0 spiro atoms. The van der Waals surface area contributed by atoms with Crippen LogP contribution in [0.2, 0.25) is 0 Å². The summed E-state index contributed by atoms with van der Waals surface area (Å²) in [4.78, 5) is 27.6. The number of aliphatic imine (C=N–C) groups is 1. The maximum absolute atomic E-state index is 8.36. The second-order valence-corrected chi connectivity index (χ2v) is 4.80. The van der Waals surface area contributed by atoms with Crippen LogP contribution in [0.25, 0.3) is 0 Å². The van der Waals surface area contributed by atoms with E-state index in [2.05, 4.69) is 35.8 Å². The van der Waals surface area contributed by atoms with E-state index < -0.39 is 10.2 Å². The van der Waals surface area contributed by atoms with E-state index >= 15 is 0 Å². The molecule has 2 rings (SSSR count). The SMILES string of the molecule is CC(C)C1CN=C(c2ccncc2)N1C.O=[N+]([O-])O.O=[N+]([O-])O. The maximum atomic E-state index is 8.36. The maximum Gasteiger partial charge on any atom is 0.291 e. The van der Waals surface area contributed by atoms with E-state index in [0.717, 1.165) is 17.9 Å². The molecule has 1 aromatic heterocycles. The van der Waals surface area contributed by atoms with Gasteiger partial charge in [0.05, 0.1) is 12.6 Å².